The summed E-state index contributed by atoms with van der Waals surface area (Å²) in [6, 6.07) is 12.4. The van der Waals surface area contributed by atoms with Gasteiger partial charge >= 0.3 is 12.0 Å². The van der Waals surface area contributed by atoms with Gasteiger partial charge in [-0.25, -0.2) is 9.59 Å². The van der Waals surface area contributed by atoms with E-state index in [0.717, 1.165) is 17.0 Å². The van der Waals surface area contributed by atoms with E-state index in [4.69, 9.17) is 14.2 Å². The number of carbonyl (C=O) groups is 2. The Morgan fingerprint density at radius 2 is 1.89 bits per heavy atom. The second kappa shape index (κ2) is 7.07. The molecule has 7 heteroatoms. The lowest BCUT2D eigenvalue weighted by molar-refractivity contribution is 0.0600. The number of fused-ring (bicyclic) bond motifs is 2. The number of methoxy groups -OCH3 is 2. The smallest absolute Gasteiger partial charge is 0.337 e. The summed E-state index contributed by atoms with van der Waals surface area (Å²) < 4.78 is 16.0. The lowest BCUT2D eigenvalue weighted by atomic mass is 10.1. The minimum atomic E-state index is -0.411. The molecule has 2 atom stereocenters. The number of ether oxygens (including phenoxy) is 3. The number of amides is 2. The van der Waals surface area contributed by atoms with Crippen LogP contribution in [0.15, 0.2) is 42.5 Å². The fourth-order valence-electron chi connectivity index (χ4n) is 3.81. The number of hydrogen-bond acceptors (Lipinski definition) is 5. The van der Waals surface area contributed by atoms with Gasteiger partial charge in [-0.05, 0) is 43.3 Å². The van der Waals surface area contributed by atoms with Crippen LogP contribution in [0.5, 0.6) is 11.5 Å². The van der Waals surface area contributed by atoms with Gasteiger partial charge in [0.2, 0.25) is 0 Å². The summed E-state index contributed by atoms with van der Waals surface area (Å²) in [5.41, 5.74) is 2.13. The topological polar surface area (TPSA) is 68.3 Å². The number of carbonyl (C=O) groups excluding carboxylic acids is 2. The third kappa shape index (κ3) is 2.93. The first-order valence-corrected chi connectivity index (χ1v) is 9.11. The fraction of sp³-hybridized carbons (Fsp3) is 0.333. The van der Waals surface area contributed by atoms with Crippen LogP contribution in [0.25, 0.3) is 0 Å². The van der Waals surface area contributed by atoms with Gasteiger partial charge in [-0.3, -0.25) is 4.90 Å². The van der Waals surface area contributed by atoms with E-state index in [9.17, 15) is 9.59 Å². The molecular formula is C21H22N2O5. The van der Waals surface area contributed by atoms with E-state index in [1.807, 2.05) is 42.2 Å². The molecule has 7 nitrogen and oxygen atoms in total. The van der Waals surface area contributed by atoms with Crippen LogP contribution in [0.2, 0.25) is 0 Å². The molecule has 2 aliphatic heterocycles. The largest absolute Gasteiger partial charge is 0.497 e. The second-order valence-corrected chi connectivity index (χ2v) is 6.91. The quantitative estimate of drug-likeness (QED) is 0.763. The highest BCUT2D eigenvalue weighted by molar-refractivity contribution is 5.96. The fourth-order valence-corrected chi connectivity index (χ4v) is 3.81. The summed E-state index contributed by atoms with van der Waals surface area (Å²) in [6.45, 7) is 2.81. The highest BCUT2D eigenvalue weighted by Crippen LogP contribution is 2.35. The molecule has 0 radical (unpaired) electrons. The Morgan fingerprint density at radius 1 is 1.14 bits per heavy atom. The molecule has 0 spiro atoms. The lowest BCUT2D eigenvalue weighted by Gasteiger charge is -2.23. The zero-order chi connectivity index (χ0) is 19.8. The molecule has 2 heterocycles. The van der Waals surface area contributed by atoms with Gasteiger partial charge in [-0.1, -0.05) is 6.07 Å². The number of rotatable bonds is 3. The van der Waals surface area contributed by atoms with Crippen molar-refractivity contribution in [2.75, 3.05) is 25.7 Å². The summed E-state index contributed by atoms with van der Waals surface area (Å²) in [6.07, 6.45) is 0. The van der Waals surface area contributed by atoms with Gasteiger partial charge in [0.15, 0.2) is 0 Å². The lowest BCUT2D eigenvalue weighted by Crippen LogP contribution is -2.38. The Kier molecular flexibility index (Phi) is 4.58. The predicted molar refractivity (Wildman–Crippen MR) is 103 cm³/mol. The van der Waals surface area contributed by atoms with Crippen molar-refractivity contribution >= 4 is 17.7 Å². The second-order valence-electron chi connectivity index (χ2n) is 6.91. The van der Waals surface area contributed by atoms with Gasteiger partial charge in [0.25, 0.3) is 0 Å². The molecule has 2 aliphatic rings. The van der Waals surface area contributed by atoms with Gasteiger partial charge in [-0.15, -0.1) is 0 Å². The number of hydrogen-bond donors (Lipinski definition) is 0. The van der Waals surface area contributed by atoms with E-state index in [-0.39, 0.29) is 18.1 Å². The Bertz CT molecular complexity index is 912. The van der Waals surface area contributed by atoms with Crippen molar-refractivity contribution in [3.8, 4) is 11.5 Å². The average Bonchev–Trinajstić information content (AvgIpc) is 2.87. The number of anilines is 1. The summed E-state index contributed by atoms with van der Waals surface area (Å²) in [5, 5.41) is 0. The first kappa shape index (κ1) is 18.2. The summed E-state index contributed by atoms with van der Waals surface area (Å²) in [7, 11) is 2.96. The monoisotopic (exact) mass is 382 g/mol. The van der Waals surface area contributed by atoms with Crippen molar-refractivity contribution in [1.29, 1.82) is 0 Å². The molecule has 1 unspecified atom stereocenters. The van der Waals surface area contributed by atoms with E-state index in [0.29, 0.717) is 24.5 Å². The molecule has 0 saturated carbocycles. The Labute approximate surface area is 163 Å². The molecule has 0 N–H and O–H groups in total. The highest BCUT2D eigenvalue weighted by atomic mass is 16.5. The molecule has 0 aliphatic carbocycles. The molecular weight excluding hydrogens is 360 g/mol. The van der Waals surface area contributed by atoms with Crippen molar-refractivity contribution in [2.24, 2.45) is 0 Å². The van der Waals surface area contributed by atoms with E-state index in [1.54, 1.807) is 24.1 Å². The zero-order valence-corrected chi connectivity index (χ0v) is 16.0. The van der Waals surface area contributed by atoms with Crippen molar-refractivity contribution < 1.29 is 23.8 Å². The van der Waals surface area contributed by atoms with Crippen LogP contribution in [0.3, 0.4) is 0 Å². The highest BCUT2D eigenvalue weighted by Gasteiger charge is 2.45. The minimum Gasteiger partial charge on any atom is -0.497 e. The summed E-state index contributed by atoms with van der Waals surface area (Å²) in [4.78, 5) is 28.6. The van der Waals surface area contributed by atoms with E-state index >= 15 is 0 Å². The summed E-state index contributed by atoms with van der Waals surface area (Å²) in [5.74, 6) is 0.954. The number of esters is 1. The predicted octanol–water partition coefficient (Wildman–Crippen LogP) is 3.07. The molecule has 4 rings (SSSR count). The average molecular weight is 382 g/mol. The van der Waals surface area contributed by atoms with Gasteiger partial charge in [0, 0.05) is 11.3 Å². The van der Waals surface area contributed by atoms with Gasteiger partial charge in [0.05, 0.1) is 38.4 Å². The van der Waals surface area contributed by atoms with Crippen LogP contribution in [-0.2, 0) is 11.3 Å². The van der Waals surface area contributed by atoms with Gasteiger partial charge in [0.1, 0.15) is 18.1 Å². The van der Waals surface area contributed by atoms with Crippen molar-refractivity contribution in [3.05, 3.63) is 53.6 Å². The first-order valence-electron chi connectivity index (χ1n) is 9.11. The van der Waals surface area contributed by atoms with Gasteiger partial charge < -0.3 is 19.1 Å². The van der Waals surface area contributed by atoms with Crippen LogP contribution >= 0.6 is 0 Å². The SMILES string of the molecule is COC(=O)c1ccc2c(c1)OC[C@@H]1C(C)N(c3ccc(OC)cc3)C(=O)N1C2. The maximum absolute atomic E-state index is 13.2. The van der Waals surface area contributed by atoms with E-state index in [2.05, 4.69) is 0 Å². The van der Waals surface area contributed by atoms with Gasteiger partial charge in [-0.2, -0.15) is 0 Å². The standard InChI is InChI=1S/C21H22N2O5/c1-13-18-12-28-19-10-14(20(24)27-3)4-5-15(19)11-22(18)21(25)23(13)16-6-8-17(26-2)9-7-16/h4-10,13,18H,11-12H2,1-3H3/t13?,18-/m1/s1. The third-order valence-electron chi connectivity index (χ3n) is 5.41. The Hall–Kier alpha value is -3.22. The molecule has 0 bridgehead atoms. The molecule has 2 aromatic rings. The molecule has 0 aromatic heterocycles. The maximum Gasteiger partial charge on any atom is 0.337 e. The molecule has 1 saturated heterocycles. The number of benzene rings is 2. The minimum absolute atomic E-state index is 0.0591. The number of urea groups is 1. The molecule has 146 valence electrons. The molecule has 2 amide bonds. The first-order chi connectivity index (χ1) is 13.5. The van der Waals surface area contributed by atoms with Crippen LogP contribution in [0.1, 0.15) is 22.8 Å². The maximum atomic E-state index is 13.2. The Balaban J connectivity index is 1.62. The molecule has 1 fully saturated rings. The van der Waals surface area contributed by atoms with Crippen LogP contribution < -0.4 is 14.4 Å². The summed E-state index contributed by atoms with van der Waals surface area (Å²) >= 11 is 0. The van der Waals surface area contributed by atoms with Crippen molar-refractivity contribution in [2.45, 2.75) is 25.6 Å². The van der Waals surface area contributed by atoms with Crippen LogP contribution in [-0.4, -0.2) is 49.8 Å². The van der Waals surface area contributed by atoms with E-state index in [1.165, 1.54) is 7.11 Å². The Morgan fingerprint density at radius 3 is 2.57 bits per heavy atom. The van der Waals surface area contributed by atoms with Crippen LogP contribution in [0.4, 0.5) is 10.5 Å². The normalized spacial score (nSPS) is 20.8. The van der Waals surface area contributed by atoms with Crippen molar-refractivity contribution in [1.82, 2.24) is 4.90 Å². The molecule has 2 aromatic carbocycles. The third-order valence-corrected chi connectivity index (χ3v) is 5.41. The van der Waals surface area contributed by atoms with Crippen molar-refractivity contribution in [3.63, 3.8) is 0 Å². The van der Waals surface area contributed by atoms with Crippen LogP contribution in [0, 0.1) is 0 Å². The number of nitrogens with zero attached hydrogens (tertiary/aromatic N) is 2. The molecule has 28 heavy (non-hydrogen) atoms. The van der Waals surface area contributed by atoms with E-state index < -0.39 is 5.97 Å². The zero-order valence-electron chi connectivity index (χ0n) is 16.0.